The van der Waals surface area contributed by atoms with Crippen LogP contribution in [0.4, 0.5) is 19.3 Å². The molecule has 0 unspecified atom stereocenters. The molecule has 0 aliphatic carbocycles. The van der Waals surface area contributed by atoms with E-state index in [1.54, 1.807) is 48.5 Å². The number of rotatable bonds is 7. The van der Waals surface area contributed by atoms with Gasteiger partial charge in [0, 0.05) is 11.3 Å². The predicted molar refractivity (Wildman–Crippen MR) is 147 cm³/mol. The van der Waals surface area contributed by atoms with E-state index in [4.69, 9.17) is 9.47 Å². The number of urea groups is 1. The summed E-state index contributed by atoms with van der Waals surface area (Å²) in [5.74, 6) is 1.33. The number of hydrogen-bond acceptors (Lipinski definition) is 4. The number of anilines is 1. The van der Waals surface area contributed by atoms with Crippen molar-refractivity contribution in [3.8, 4) is 17.2 Å². The van der Waals surface area contributed by atoms with Crippen LogP contribution in [0.2, 0.25) is 0 Å². The van der Waals surface area contributed by atoms with Gasteiger partial charge in [-0.3, -0.25) is 5.43 Å². The average molecular weight is 528 g/mol. The number of carbonyl (C=O) groups is 1. The molecular formula is C31H27F2N3O3. The molecule has 0 spiro atoms. The van der Waals surface area contributed by atoms with Gasteiger partial charge in [0.15, 0.2) is 0 Å². The summed E-state index contributed by atoms with van der Waals surface area (Å²) < 4.78 is 38.6. The number of nitrogens with zero attached hydrogens (tertiary/aromatic N) is 1. The molecule has 4 aromatic rings. The summed E-state index contributed by atoms with van der Waals surface area (Å²) in [6, 6.07) is 26.0. The average Bonchev–Trinajstić information content (AvgIpc) is 3.37. The van der Waals surface area contributed by atoms with Crippen LogP contribution < -0.4 is 20.2 Å². The van der Waals surface area contributed by atoms with Crippen molar-refractivity contribution in [1.82, 2.24) is 10.4 Å². The summed E-state index contributed by atoms with van der Waals surface area (Å²) in [4.78, 5) is 13.1. The van der Waals surface area contributed by atoms with Crippen molar-refractivity contribution in [3.63, 3.8) is 0 Å². The van der Waals surface area contributed by atoms with Crippen LogP contribution in [-0.4, -0.2) is 23.7 Å². The second-order valence-electron chi connectivity index (χ2n) is 9.26. The minimum absolute atomic E-state index is 0.0927. The van der Waals surface area contributed by atoms with Crippen LogP contribution in [0.5, 0.6) is 17.2 Å². The minimum atomic E-state index is -0.388. The normalized spacial score (nSPS) is 12.9. The molecule has 0 bridgehead atoms. The lowest BCUT2D eigenvalue weighted by atomic mass is 10.0. The van der Waals surface area contributed by atoms with Crippen LogP contribution in [0.15, 0.2) is 97.1 Å². The molecule has 0 atom stereocenters. The monoisotopic (exact) mass is 527 g/mol. The first-order chi connectivity index (χ1) is 18.8. The van der Waals surface area contributed by atoms with Gasteiger partial charge in [0.05, 0.1) is 18.3 Å². The van der Waals surface area contributed by atoms with Crippen LogP contribution >= 0.6 is 0 Å². The molecule has 2 N–H and O–H groups in total. The highest BCUT2D eigenvalue weighted by Crippen LogP contribution is 2.31. The zero-order valence-electron chi connectivity index (χ0n) is 21.4. The summed E-state index contributed by atoms with van der Waals surface area (Å²) in [5.41, 5.74) is 6.58. The molecule has 4 aromatic carbocycles. The predicted octanol–water partition coefficient (Wildman–Crippen LogP) is 7.46. The molecule has 1 aliphatic heterocycles. The molecule has 198 valence electrons. The van der Waals surface area contributed by atoms with E-state index < -0.39 is 0 Å². The number of hydrazine groups is 1. The van der Waals surface area contributed by atoms with Gasteiger partial charge < -0.3 is 14.8 Å². The largest absolute Gasteiger partial charge is 0.491 e. The third-order valence-electron chi connectivity index (χ3n) is 5.97. The maximum Gasteiger partial charge on any atom is 0.340 e. The van der Waals surface area contributed by atoms with Gasteiger partial charge in [0.25, 0.3) is 0 Å². The molecule has 39 heavy (non-hydrogen) atoms. The number of hydrogen-bond donors (Lipinski definition) is 2. The van der Waals surface area contributed by atoms with Crippen LogP contribution in [0.1, 0.15) is 25.0 Å². The summed E-state index contributed by atoms with van der Waals surface area (Å²) in [5, 5.41) is 4.29. The molecule has 0 saturated carbocycles. The highest BCUT2D eigenvalue weighted by atomic mass is 19.1. The van der Waals surface area contributed by atoms with Crippen molar-refractivity contribution < 1.29 is 23.0 Å². The summed E-state index contributed by atoms with van der Waals surface area (Å²) in [7, 11) is 0. The van der Waals surface area contributed by atoms with Gasteiger partial charge in [0.2, 0.25) is 0 Å². The molecule has 0 saturated heterocycles. The molecule has 2 amide bonds. The quantitative estimate of drug-likeness (QED) is 0.262. The van der Waals surface area contributed by atoms with E-state index in [9.17, 15) is 13.6 Å². The fraction of sp³-hybridized carbons (Fsp3) is 0.129. The fourth-order valence-corrected chi connectivity index (χ4v) is 4.14. The van der Waals surface area contributed by atoms with Crippen LogP contribution in [0.3, 0.4) is 0 Å². The first kappa shape index (κ1) is 25.8. The van der Waals surface area contributed by atoms with Gasteiger partial charge in [-0.1, -0.05) is 12.1 Å². The van der Waals surface area contributed by atoms with Crippen molar-refractivity contribution in [2.45, 2.75) is 20.0 Å². The number of ether oxygens (including phenoxy) is 2. The van der Waals surface area contributed by atoms with Crippen molar-refractivity contribution in [1.29, 1.82) is 0 Å². The summed E-state index contributed by atoms with van der Waals surface area (Å²) in [6.07, 6.45) is 0.0927. The first-order valence-electron chi connectivity index (χ1n) is 12.5. The SMILES string of the molecule is CC(C)Oc1ccc(Oc2ccc(NC(=O)N3CC(c4ccc(F)cc4)=C(c4ccc(F)cc4)N3)cc2)cc1. The van der Waals surface area contributed by atoms with Crippen molar-refractivity contribution in [3.05, 3.63) is 120 Å². The molecule has 8 heteroatoms. The molecule has 0 aromatic heterocycles. The van der Waals surface area contributed by atoms with Crippen LogP contribution in [0.25, 0.3) is 11.3 Å². The maximum absolute atomic E-state index is 13.5. The highest BCUT2D eigenvalue weighted by molar-refractivity contribution is 5.98. The van der Waals surface area contributed by atoms with E-state index in [0.29, 0.717) is 28.4 Å². The van der Waals surface area contributed by atoms with Crippen molar-refractivity contribution in [2.24, 2.45) is 0 Å². The van der Waals surface area contributed by atoms with Gasteiger partial charge >= 0.3 is 6.03 Å². The molecular weight excluding hydrogens is 500 g/mol. The molecule has 5 rings (SSSR count). The topological polar surface area (TPSA) is 62.8 Å². The highest BCUT2D eigenvalue weighted by Gasteiger charge is 2.27. The third kappa shape index (κ3) is 6.35. The number of benzene rings is 4. The van der Waals surface area contributed by atoms with Crippen LogP contribution in [-0.2, 0) is 0 Å². The fourth-order valence-electron chi connectivity index (χ4n) is 4.14. The Balaban J connectivity index is 1.26. The molecule has 1 aliphatic rings. The lowest BCUT2D eigenvalue weighted by molar-refractivity contribution is 0.210. The summed E-state index contributed by atoms with van der Waals surface area (Å²) >= 11 is 0. The molecule has 0 fully saturated rings. The van der Waals surface area contributed by atoms with E-state index in [1.165, 1.54) is 29.3 Å². The van der Waals surface area contributed by atoms with E-state index in [-0.39, 0.29) is 30.3 Å². The first-order valence-corrected chi connectivity index (χ1v) is 12.5. The second-order valence-corrected chi connectivity index (χ2v) is 9.26. The van der Waals surface area contributed by atoms with Gasteiger partial charge in [-0.15, -0.1) is 0 Å². The lowest BCUT2D eigenvalue weighted by Gasteiger charge is -2.19. The lowest BCUT2D eigenvalue weighted by Crippen LogP contribution is -2.40. The Labute approximate surface area is 225 Å². The second kappa shape index (κ2) is 11.3. The molecule has 0 radical (unpaired) electrons. The molecule has 1 heterocycles. The Bertz CT molecular complexity index is 1410. The molecule has 6 nitrogen and oxygen atoms in total. The number of amides is 2. The Morgan fingerprint density at radius 2 is 1.28 bits per heavy atom. The Morgan fingerprint density at radius 1 is 0.769 bits per heavy atom. The zero-order chi connectivity index (χ0) is 27.4. The van der Waals surface area contributed by atoms with E-state index in [2.05, 4.69) is 10.7 Å². The standard InChI is InChI=1S/C31H27F2N3O3/c1-20(2)38-26-15-17-28(18-16-26)39-27-13-11-25(12-14-27)34-31(37)36-19-29(21-3-7-23(32)8-4-21)30(35-36)22-5-9-24(33)10-6-22/h3-18,20,35H,19H2,1-2H3,(H,34,37). The van der Waals surface area contributed by atoms with E-state index >= 15 is 0 Å². The van der Waals surface area contributed by atoms with Gasteiger partial charge in [-0.25, -0.2) is 18.6 Å². The van der Waals surface area contributed by atoms with Gasteiger partial charge in [0.1, 0.15) is 28.9 Å². The van der Waals surface area contributed by atoms with Crippen molar-refractivity contribution in [2.75, 3.05) is 11.9 Å². The number of nitrogens with one attached hydrogen (secondary N) is 2. The zero-order valence-corrected chi connectivity index (χ0v) is 21.4. The van der Waals surface area contributed by atoms with Crippen molar-refractivity contribution >= 4 is 23.0 Å². The maximum atomic E-state index is 13.5. The third-order valence-corrected chi connectivity index (χ3v) is 5.97. The summed E-state index contributed by atoms with van der Waals surface area (Å²) in [6.45, 7) is 4.16. The minimum Gasteiger partial charge on any atom is -0.491 e. The Kier molecular flexibility index (Phi) is 7.45. The van der Waals surface area contributed by atoms with E-state index in [1.807, 2.05) is 38.1 Å². The number of carbonyl (C=O) groups excluding carboxylic acids is 1. The number of halogens is 2. The van der Waals surface area contributed by atoms with E-state index in [0.717, 1.165) is 16.9 Å². The van der Waals surface area contributed by atoms with Gasteiger partial charge in [-0.2, -0.15) is 0 Å². The van der Waals surface area contributed by atoms with Gasteiger partial charge in [-0.05, 0) is 110 Å². The van der Waals surface area contributed by atoms with Crippen LogP contribution in [0, 0.1) is 11.6 Å². The Morgan fingerprint density at radius 3 is 1.85 bits per heavy atom. The Hall–Kier alpha value is -4.85. The smallest absolute Gasteiger partial charge is 0.340 e.